The van der Waals surface area contributed by atoms with Crippen LogP contribution >= 0.6 is 0 Å². The van der Waals surface area contributed by atoms with E-state index in [0.717, 1.165) is 0 Å². The van der Waals surface area contributed by atoms with Crippen LogP contribution in [0, 0.1) is 21.7 Å². The fraction of sp³-hybridized carbons (Fsp3) is 0.333. The topological polar surface area (TPSA) is 94.1 Å². The molecule has 0 saturated heterocycles. The lowest BCUT2D eigenvalue weighted by molar-refractivity contribution is -0.384. The van der Waals surface area contributed by atoms with E-state index in [-0.39, 0.29) is 23.4 Å². The molecule has 1 N–H and O–H groups in total. The lowest BCUT2D eigenvalue weighted by Gasteiger charge is -2.05. The number of nitrogens with one attached hydrogen (secondary N) is 1. The second-order valence-corrected chi connectivity index (χ2v) is 4.27. The first-order valence-corrected chi connectivity index (χ1v) is 6.14. The van der Waals surface area contributed by atoms with Gasteiger partial charge in [-0.1, -0.05) is 6.92 Å². The van der Waals surface area contributed by atoms with Crippen molar-refractivity contribution in [3.8, 4) is 11.5 Å². The minimum atomic E-state index is -1.31. The quantitative estimate of drug-likeness (QED) is 0.673. The van der Waals surface area contributed by atoms with Gasteiger partial charge in [0.05, 0.1) is 17.0 Å². The second kappa shape index (κ2) is 5.92. The van der Waals surface area contributed by atoms with Gasteiger partial charge >= 0.3 is 0 Å². The Morgan fingerprint density at radius 1 is 1.38 bits per heavy atom. The third-order valence-corrected chi connectivity index (χ3v) is 2.79. The van der Waals surface area contributed by atoms with Crippen molar-refractivity contribution in [2.45, 2.75) is 19.9 Å². The summed E-state index contributed by atoms with van der Waals surface area (Å²) in [7, 11) is 0. The highest BCUT2D eigenvalue weighted by Crippen LogP contribution is 2.31. The summed E-state index contributed by atoms with van der Waals surface area (Å²) >= 11 is 0. The molecule has 1 heterocycles. The molecule has 21 heavy (non-hydrogen) atoms. The van der Waals surface area contributed by atoms with E-state index in [1.807, 2.05) is 6.92 Å². The fourth-order valence-corrected chi connectivity index (χ4v) is 1.77. The van der Waals surface area contributed by atoms with Gasteiger partial charge in [0.15, 0.2) is 11.6 Å². The zero-order valence-electron chi connectivity index (χ0n) is 11.3. The monoisotopic (exact) mass is 298 g/mol. The van der Waals surface area contributed by atoms with Crippen molar-refractivity contribution in [2.75, 3.05) is 6.54 Å². The number of nitrogens with zero attached hydrogens (tertiary/aromatic N) is 3. The fourth-order valence-electron chi connectivity index (χ4n) is 1.77. The molecule has 0 aliphatic heterocycles. The maximum absolute atomic E-state index is 13.3. The summed E-state index contributed by atoms with van der Waals surface area (Å²) in [6.07, 6.45) is 0. The summed E-state index contributed by atoms with van der Waals surface area (Å²) in [6, 6.07) is 0.894. The Morgan fingerprint density at radius 3 is 2.67 bits per heavy atom. The van der Waals surface area contributed by atoms with Gasteiger partial charge < -0.3 is 9.73 Å². The van der Waals surface area contributed by atoms with Crippen molar-refractivity contribution < 1.29 is 18.1 Å². The first kappa shape index (κ1) is 15.0. The van der Waals surface area contributed by atoms with Gasteiger partial charge in [0, 0.05) is 0 Å². The molecule has 9 heteroatoms. The van der Waals surface area contributed by atoms with Gasteiger partial charge in [0.1, 0.15) is 5.56 Å². The molecule has 0 amide bonds. The van der Waals surface area contributed by atoms with Crippen molar-refractivity contribution in [3.05, 3.63) is 39.8 Å². The summed E-state index contributed by atoms with van der Waals surface area (Å²) in [5.41, 5.74) is -0.901. The lowest BCUT2D eigenvalue weighted by Crippen LogP contribution is -2.17. The predicted octanol–water partition coefficient (Wildman–Crippen LogP) is 2.59. The number of nitro groups is 1. The van der Waals surface area contributed by atoms with E-state index in [4.69, 9.17) is 4.42 Å². The minimum absolute atomic E-state index is 0.200. The summed E-state index contributed by atoms with van der Waals surface area (Å²) in [5, 5.41) is 21.3. The van der Waals surface area contributed by atoms with Gasteiger partial charge in [-0.05, 0) is 19.5 Å². The molecule has 112 valence electrons. The zero-order valence-corrected chi connectivity index (χ0v) is 11.3. The molecular weight excluding hydrogens is 286 g/mol. The van der Waals surface area contributed by atoms with Gasteiger partial charge in [-0.2, -0.15) is 0 Å². The van der Waals surface area contributed by atoms with Crippen molar-refractivity contribution in [1.29, 1.82) is 0 Å². The standard InChI is InChI=1S/C12H12F2N4O3/c1-3-15-6(2)11-16-17-12(21-11)7-4-8(13)9(14)5-10(7)18(19)20/h4-6,15H,3H2,1-2H3. The van der Waals surface area contributed by atoms with Gasteiger partial charge in [0.25, 0.3) is 11.6 Å². The van der Waals surface area contributed by atoms with Crippen molar-refractivity contribution in [3.63, 3.8) is 0 Å². The minimum Gasteiger partial charge on any atom is -0.419 e. The molecule has 1 aromatic heterocycles. The molecule has 2 rings (SSSR count). The van der Waals surface area contributed by atoms with Crippen molar-refractivity contribution in [2.24, 2.45) is 0 Å². The molecule has 0 bridgehead atoms. The van der Waals surface area contributed by atoms with Crippen molar-refractivity contribution >= 4 is 5.69 Å². The molecule has 1 atom stereocenters. The molecule has 0 fully saturated rings. The Bertz CT molecular complexity index is 675. The molecule has 0 aliphatic rings. The van der Waals surface area contributed by atoms with Crippen LogP contribution in [0.4, 0.5) is 14.5 Å². The van der Waals surface area contributed by atoms with Crippen LogP contribution in [0.25, 0.3) is 11.5 Å². The predicted molar refractivity (Wildman–Crippen MR) is 68.4 cm³/mol. The molecule has 2 aromatic rings. The highest BCUT2D eigenvalue weighted by atomic mass is 19.2. The first-order valence-electron chi connectivity index (χ1n) is 6.14. The third-order valence-electron chi connectivity index (χ3n) is 2.79. The Labute approximate surface area is 118 Å². The number of hydrogen-bond donors (Lipinski definition) is 1. The average molecular weight is 298 g/mol. The number of halogens is 2. The summed E-state index contributed by atoms with van der Waals surface area (Å²) in [6.45, 7) is 4.30. The van der Waals surface area contributed by atoms with Crippen LogP contribution in [0.15, 0.2) is 16.5 Å². The first-order chi connectivity index (χ1) is 9.93. The van der Waals surface area contributed by atoms with Crippen LogP contribution < -0.4 is 5.32 Å². The highest BCUT2D eigenvalue weighted by Gasteiger charge is 2.24. The number of benzene rings is 1. The summed E-state index contributed by atoms with van der Waals surface area (Å²) < 4.78 is 31.7. The Kier molecular flexibility index (Phi) is 4.22. The van der Waals surface area contributed by atoms with E-state index in [0.29, 0.717) is 18.7 Å². The molecule has 0 spiro atoms. The van der Waals surface area contributed by atoms with Crippen LogP contribution in [-0.4, -0.2) is 21.7 Å². The summed E-state index contributed by atoms with van der Waals surface area (Å²) in [5.74, 6) is -2.58. The molecule has 1 unspecified atom stereocenters. The number of nitro benzene ring substituents is 1. The van der Waals surface area contributed by atoms with Gasteiger partial charge in [-0.15, -0.1) is 10.2 Å². The Morgan fingerprint density at radius 2 is 2.05 bits per heavy atom. The van der Waals surface area contributed by atoms with Gasteiger partial charge in [0.2, 0.25) is 5.89 Å². The van der Waals surface area contributed by atoms with Crippen LogP contribution in [0.3, 0.4) is 0 Å². The normalized spacial score (nSPS) is 12.4. The van der Waals surface area contributed by atoms with Crippen LogP contribution in [0.5, 0.6) is 0 Å². The van der Waals surface area contributed by atoms with Crippen LogP contribution in [0.2, 0.25) is 0 Å². The smallest absolute Gasteiger partial charge is 0.285 e. The molecule has 0 radical (unpaired) electrons. The van der Waals surface area contributed by atoms with E-state index < -0.39 is 22.2 Å². The van der Waals surface area contributed by atoms with E-state index in [9.17, 15) is 18.9 Å². The Hall–Kier alpha value is -2.42. The number of rotatable bonds is 5. The molecule has 0 saturated carbocycles. The van der Waals surface area contributed by atoms with E-state index in [1.165, 1.54) is 0 Å². The van der Waals surface area contributed by atoms with Crippen molar-refractivity contribution in [1.82, 2.24) is 15.5 Å². The number of aromatic nitrogens is 2. The third kappa shape index (κ3) is 3.02. The maximum atomic E-state index is 13.3. The average Bonchev–Trinajstić information content (AvgIpc) is 2.91. The van der Waals surface area contributed by atoms with E-state index in [2.05, 4.69) is 15.5 Å². The Balaban J connectivity index is 2.47. The maximum Gasteiger partial charge on any atom is 0.285 e. The van der Waals surface area contributed by atoms with E-state index >= 15 is 0 Å². The summed E-state index contributed by atoms with van der Waals surface area (Å²) in [4.78, 5) is 10.1. The molecule has 1 aromatic carbocycles. The molecule has 0 aliphatic carbocycles. The molecule has 7 nitrogen and oxygen atoms in total. The van der Waals surface area contributed by atoms with E-state index in [1.54, 1.807) is 6.92 Å². The highest BCUT2D eigenvalue weighted by molar-refractivity contribution is 5.66. The largest absolute Gasteiger partial charge is 0.419 e. The second-order valence-electron chi connectivity index (χ2n) is 4.27. The lowest BCUT2D eigenvalue weighted by atomic mass is 10.1. The SMILES string of the molecule is CCNC(C)c1nnc(-c2cc(F)c(F)cc2[N+](=O)[O-])o1. The van der Waals surface area contributed by atoms with Gasteiger partial charge in [-0.25, -0.2) is 8.78 Å². The number of hydrogen-bond acceptors (Lipinski definition) is 6. The van der Waals surface area contributed by atoms with Crippen LogP contribution in [0.1, 0.15) is 25.8 Å². The van der Waals surface area contributed by atoms with Crippen LogP contribution in [-0.2, 0) is 0 Å². The zero-order chi connectivity index (χ0) is 15.6. The van der Waals surface area contributed by atoms with Gasteiger partial charge in [-0.3, -0.25) is 10.1 Å². The molecular formula is C12H12F2N4O3.